The molecular weight excluding hydrogens is 663 g/mol. The largest absolute Gasteiger partial charge is 0.379 e. The molecule has 0 bridgehead atoms. The van der Waals surface area contributed by atoms with Gasteiger partial charge in [-0.1, -0.05) is 50.9 Å². The van der Waals surface area contributed by atoms with Gasteiger partial charge in [-0.15, -0.1) is 0 Å². The highest BCUT2D eigenvalue weighted by Gasteiger charge is 2.56. The highest BCUT2D eigenvalue weighted by atomic mass is 28.3. The fourth-order valence-electron chi connectivity index (χ4n) is 7.40. The smallest absolute Gasteiger partial charge is 0.276 e. The number of rotatable bonds is 14. The molecule has 3 aromatic rings. The topological polar surface area (TPSA) is 113 Å². The summed E-state index contributed by atoms with van der Waals surface area (Å²) in [6.07, 6.45) is 3.27. The number of carbonyl (C=O) groups is 1. The number of hydrogen-bond acceptors (Lipinski definition) is 7. The number of nitrogens with zero attached hydrogens (tertiary/aromatic N) is 6. The lowest BCUT2D eigenvalue weighted by Gasteiger charge is -2.33. The summed E-state index contributed by atoms with van der Waals surface area (Å²) in [6.45, 7) is 23.4. The minimum atomic E-state index is -1.30. The molecule has 3 atom stereocenters. The van der Waals surface area contributed by atoms with Gasteiger partial charge in [0.05, 0.1) is 53.7 Å². The number of anilines is 1. The summed E-state index contributed by atoms with van der Waals surface area (Å²) in [4.78, 5) is 22.8. The van der Waals surface area contributed by atoms with E-state index in [1.54, 1.807) is 11.9 Å². The van der Waals surface area contributed by atoms with Crippen LogP contribution < -0.4 is 9.58 Å². The van der Waals surface area contributed by atoms with Gasteiger partial charge in [0.25, 0.3) is 6.73 Å². The van der Waals surface area contributed by atoms with Crippen molar-refractivity contribution in [2.45, 2.75) is 104 Å². The van der Waals surface area contributed by atoms with Gasteiger partial charge in [0.1, 0.15) is 18.5 Å². The molecule has 6 rings (SSSR count). The van der Waals surface area contributed by atoms with E-state index in [9.17, 15) is 10.1 Å². The van der Waals surface area contributed by atoms with E-state index >= 15 is 0 Å². The molecule has 2 fully saturated rings. The van der Waals surface area contributed by atoms with Gasteiger partial charge in [0.2, 0.25) is 11.6 Å². The number of H-pyrrole nitrogens is 1. The normalized spacial score (nSPS) is 21.5. The van der Waals surface area contributed by atoms with Gasteiger partial charge in [-0.25, -0.2) is 4.98 Å². The number of morpholine rings is 1. The summed E-state index contributed by atoms with van der Waals surface area (Å²) in [5.74, 6) is 1.41. The van der Waals surface area contributed by atoms with E-state index in [2.05, 4.69) is 71.5 Å². The summed E-state index contributed by atoms with van der Waals surface area (Å²) < 4.78 is 22.5. The molecule has 11 nitrogen and oxygen atoms in total. The van der Waals surface area contributed by atoms with Crippen LogP contribution in [0.15, 0.2) is 12.1 Å². The molecule has 272 valence electrons. The molecule has 3 aliphatic rings. The van der Waals surface area contributed by atoms with Crippen LogP contribution in [0.25, 0.3) is 22.6 Å². The maximum Gasteiger partial charge on any atom is 0.276 e. The summed E-state index contributed by atoms with van der Waals surface area (Å²) in [5, 5.41) is 14.1. The average molecular weight is 721 g/mol. The van der Waals surface area contributed by atoms with Crippen LogP contribution in [0.3, 0.4) is 0 Å². The second kappa shape index (κ2) is 14.3. The number of imidazole rings is 1. The molecule has 0 unspecified atom stereocenters. The van der Waals surface area contributed by atoms with Crippen molar-refractivity contribution in [2.24, 2.45) is 11.3 Å². The van der Waals surface area contributed by atoms with E-state index in [1.807, 2.05) is 19.1 Å². The van der Waals surface area contributed by atoms with Crippen LogP contribution >= 0.6 is 0 Å². The fraction of sp³-hybridized carbons (Fsp3) is 0.676. The number of fused-ring (bicyclic) bond motifs is 3. The summed E-state index contributed by atoms with van der Waals surface area (Å²) in [7, 11) is -0.741. The number of aromatic nitrogens is 4. The Morgan fingerprint density at radius 3 is 2.50 bits per heavy atom. The zero-order valence-corrected chi connectivity index (χ0v) is 33.8. The van der Waals surface area contributed by atoms with Crippen LogP contribution in [-0.4, -0.2) is 94.2 Å². The Hall–Kier alpha value is -2.87. The molecule has 1 aromatic carbocycles. The van der Waals surface area contributed by atoms with Crippen LogP contribution in [0.4, 0.5) is 5.69 Å². The lowest BCUT2D eigenvalue weighted by atomic mass is 9.87. The van der Waals surface area contributed by atoms with Crippen LogP contribution in [-0.2, 0) is 45.3 Å². The average Bonchev–Trinajstić information content (AvgIpc) is 3.44. The molecule has 1 saturated carbocycles. The number of carbonyl (C=O) groups excluding carboxylic acids is 1. The van der Waals surface area contributed by atoms with Crippen molar-refractivity contribution >= 4 is 38.8 Å². The zero-order valence-electron chi connectivity index (χ0n) is 31.8. The predicted octanol–water partition coefficient (Wildman–Crippen LogP) is 5.62. The van der Waals surface area contributed by atoms with E-state index in [0.717, 1.165) is 48.6 Å². The summed E-state index contributed by atoms with van der Waals surface area (Å²) in [6, 6.07) is 7.99. The van der Waals surface area contributed by atoms with Crippen molar-refractivity contribution in [1.82, 2.24) is 19.5 Å². The van der Waals surface area contributed by atoms with Gasteiger partial charge in [-0.2, -0.15) is 10.4 Å². The van der Waals surface area contributed by atoms with E-state index in [0.29, 0.717) is 74.5 Å². The number of nitriles is 1. The maximum absolute atomic E-state index is 13.8. The number of hydrogen-bond donors (Lipinski definition) is 1. The first-order chi connectivity index (χ1) is 23.6. The molecule has 2 aromatic heterocycles. The van der Waals surface area contributed by atoms with E-state index < -0.39 is 16.1 Å². The van der Waals surface area contributed by atoms with Crippen LogP contribution in [0.5, 0.6) is 0 Å². The highest BCUT2D eigenvalue weighted by Crippen LogP contribution is 2.59. The van der Waals surface area contributed by atoms with Crippen LogP contribution in [0.1, 0.15) is 37.1 Å². The van der Waals surface area contributed by atoms with Crippen molar-refractivity contribution in [3.63, 3.8) is 0 Å². The second-order valence-electron chi connectivity index (χ2n) is 17.5. The number of aromatic amines is 1. The van der Waals surface area contributed by atoms with Crippen molar-refractivity contribution in [1.29, 1.82) is 5.26 Å². The van der Waals surface area contributed by atoms with Crippen LogP contribution in [0.2, 0.25) is 51.4 Å². The molecule has 50 heavy (non-hydrogen) atoms. The monoisotopic (exact) mass is 720 g/mol. The van der Waals surface area contributed by atoms with Gasteiger partial charge in [-0.05, 0) is 55.3 Å². The Balaban J connectivity index is 1.40. The fourth-order valence-corrected chi connectivity index (χ4v) is 8.91. The van der Waals surface area contributed by atoms with E-state index in [1.165, 1.54) is 17.7 Å². The SMILES string of the molecule is C[C@@H](C(=O)N(C)c1cc2c(cc1C#N)nc(-c1[nH][n+](COCC[Si](C)(C)C)c3c1C[C@@H]1C[C@]1(C)C3)n2COCC[Si](C)(C)C)N1CCOCC1. The molecule has 0 radical (unpaired) electrons. The summed E-state index contributed by atoms with van der Waals surface area (Å²) >= 11 is 0. The number of amides is 1. The van der Waals surface area contributed by atoms with Gasteiger partial charge >= 0.3 is 0 Å². The third kappa shape index (κ3) is 7.95. The molecule has 1 saturated heterocycles. The number of ether oxygens (including phenoxy) is 3. The first kappa shape index (κ1) is 36.9. The maximum atomic E-state index is 13.8. The Morgan fingerprint density at radius 2 is 1.84 bits per heavy atom. The molecule has 0 spiro atoms. The standard InChI is InChI=1S/C37H57N7O4Si2/c1-26(42-10-12-46-13-11-42)36(45)41(3)31-20-32-30(18-27(31)23-38)39-35(43(32)24-47-14-16-49(4,5)6)34-29-19-28-21-37(28,2)22-33(29)44(40-34)25-48-15-17-50(7,8)9/h18,20,26,28H,10-17,19,21-22,24-25H2,1-9H3/p+1/t26-,28+,37+/m0/s1. The number of nitrogens with one attached hydrogen (secondary N) is 1. The first-order valence-electron chi connectivity index (χ1n) is 18.4. The minimum Gasteiger partial charge on any atom is -0.379 e. The molecule has 1 amide bonds. The lowest BCUT2D eigenvalue weighted by Crippen LogP contribution is -2.50. The highest BCUT2D eigenvalue weighted by molar-refractivity contribution is 6.76. The van der Waals surface area contributed by atoms with Crippen molar-refractivity contribution in [3.8, 4) is 17.6 Å². The van der Waals surface area contributed by atoms with Crippen LogP contribution in [0, 0.1) is 22.7 Å². The van der Waals surface area contributed by atoms with Crippen molar-refractivity contribution in [2.75, 3.05) is 51.5 Å². The second-order valence-corrected chi connectivity index (χ2v) is 28.8. The van der Waals surface area contributed by atoms with Gasteiger partial charge in [-0.3, -0.25) is 14.3 Å². The Labute approximate surface area is 299 Å². The Bertz CT molecular complexity index is 1760. The van der Waals surface area contributed by atoms with Gasteiger partial charge < -0.3 is 19.1 Å². The van der Waals surface area contributed by atoms with Crippen molar-refractivity contribution in [3.05, 3.63) is 29.0 Å². The third-order valence-electron chi connectivity index (χ3n) is 11.1. The lowest BCUT2D eigenvalue weighted by molar-refractivity contribution is -0.787. The molecule has 2 aliphatic carbocycles. The first-order valence-corrected chi connectivity index (χ1v) is 25.8. The van der Waals surface area contributed by atoms with E-state index in [4.69, 9.17) is 19.2 Å². The number of likely N-dealkylation sites (N-methyl/N-ethyl adjacent to an activating group) is 1. The Morgan fingerprint density at radius 1 is 1.16 bits per heavy atom. The molecule has 1 aliphatic heterocycles. The summed E-state index contributed by atoms with van der Waals surface area (Å²) in [5.41, 5.74) is 6.52. The molecular formula is C37H58N7O4Si2+. The van der Waals surface area contributed by atoms with E-state index in [-0.39, 0.29) is 11.9 Å². The third-order valence-corrected chi connectivity index (χ3v) is 14.5. The zero-order chi connectivity index (χ0) is 36.0. The molecule has 1 N–H and O–H groups in total. The minimum absolute atomic E-state index is 0.0542. The molecule has 13 heteroatoms. The Kier molecular flexibility index (Phi) is 10.5. The van der Waals surface area contributed by atoms with Crippen molar-refractivity contribution < 1.29 is 23.7 Å². The van der Waals surface area contributed by atoms with Gasteiger partial charge in [0.15, 0.2) is 5.82 Å². The predicted molar refractivity (Wildman–Crippen MR) is 202 cm³/mol. The van der Waals surface area contributed by atoms with Gasteiger partial charge in [0, 0.05) is 49.3 Å². The quantitative estimate of drug-likeness (QED) is 0.131. The number of benzene rings is 1. The molecule has 3 heterocycles.